The van der Waals surface area contributed by atoms with E-state index in [4.69, 9.17) is 35.0 Å². The Morgan fingerprint density at radius 1 is 0.603 bits per heavy atom. The first-order valence-corrected chi connectivity index (χ1v) is 21.1. The number of halogens is 2. The lowest BCUT2D eigenvalue weighted by molar-refractivity contribution is 0.466. The molecule has 292 valence electrons. The first-order valence-electron chi connectivity index (χ1n) is 18.7. The highest BCUT2D eigenvalue weighted by atomic mass is 79.9. The van der Waals surface area contributed by atoms with Crippen molar-refractivity contribution in [2.45, 2.75) is 37.8 Å². The molecule has 0 amide bonds. The summed E-state index contributed by atoms with van der Waals surface area (Å²) in [4.78, 5) is 4.57. The maximum Gasteiger partial charge on any atom is 0.170 e. The Balaban J connectivity index is 0.000000177. The smallest absolute Gasteiger partial charge is 0.170 e. The normalized spacial score (nSPS) is 14.4. The summed E-state index contributed by atoms with van der Waals surface area (Å²) >= 11 is 18.0. The Bertz CT molecular complexity index is 2510. The second-order valence-corrected chi connectivity index (χ2v) is 16.5. The van der Waals surface area contributed by atoms with Crippen LogP contribution in [0.3, 0.4) is 0 Å². The van der Waals surface area contributed by atoms with Crippen LogP contribution in [-0.4, -0.2) is 68.9 Å². The zero-order chi connectivity index (χ0) is 40.4. The largest absolute Gasteiger partial charge is 0.360 e. The van der Waals surface area contributed by atoms with E-state index >= 15 is 0 Å². The van der Waals surface area contributed by atoms with Gasteiger partial charge in [0, 0.05) is 80.1 Å². The topological polar surface area (TPSA) is 154 Å². The van der Waals surface area contributed by atoms with Crippen molar-refractivity contribution >= 4 is 111 Å². The van der Waals surface area contributed by atoms with E-state index < -0.39 is 0 Å². The minimum Gasteiger partial charge on any atom is -0.360 e. The number of fused-ring (bicyclic) bond motifs is 2. The second kappa shape index (κ2) is 19.3. The molecular weight excluding hydrogens is 896 g/mol. The number of nitriles is 2. The molecule has 4 heterocycles. The Labute approximate surface area is 364 Å². The number of nitrogens with zero attached hydrogens (tertiary/aromatic N) is 8. The Morgan fingerprint density at radius 2 is 1.09 bits per heavy atom. The van der Waals surface area contributed by atoms with E-state index in [-0.39, 0.29) is 0 Å². The fourth-order valence-electron chi connectivity index (χ4n) is 7.01. The van der Waals surface area contributed by atoms with Gasteiger partial charge in [0.25, 0.3) is 0 Å². The van der Waals surface area contributed by atoms with Gasteiger partial charge in [-0.25, -0.2) is 0 Å². The van der Waals surface area contributed by atoms with Crippen LogP contribution in [0.15, 0.2) is 106 Å². The lowest BCUT2D eigenvalue weighted by atomic mass is 10.0. The van der Waals surface area contributed by atoms with Gasteiger partial charge in [0.2, 0.25) is 0 Å². The predicted octanol–water partition coefficient (Wildman–Crippen LogP) is 8.44. The number of anilines is 4. The van der Waals surface area contributed by atoms with Crippen molar-refractivity contribution in [3.05, 3.63) is 117 Å². The molecule has 2 fully saturated rings. The molecule has 58 heavy (non-hydrogen) atoms. The molecule has 0 saturated carbocycles. The summed E-state index contributed by atoms with van der Waals surface area (Å²) in [6.07, 6.45) is 7.42. The molecule has 2 saturated heterocycles. The van der Waals surface area contributed by atoms with Gasteiger partial charge in [0.1, 0.15) is 0 Å². The van der Waals surface area contributed by atoms with E-state index in [1.165, 1.54) is 0 Å². The van der Waals surface area contributed by atoms with Gasteiger partial charge in [-0.15, -0.1) is 10.2 Å². The maximum atomic E-state index is 9.01. The highest BCUT2D eigenvalue weighted by Crippen LogP contribution is 2.30. The Morgan fingerprint density at radius 3 is 1.57 bits per heavy atom. The number of rotatable bonds is 6. The number of nitrogens with one attached hydrogen (secondary N) is 4. The van der Waals surface area contributed by atoms with Crippen LogP contribution in [0.5, 0.6) is 0 Å². The van der Waals surface area contributed by atoms with E-state index in [0.29, 0.717) is 33.4 Å². The summed E-state index contributed by atoms with van der Waals surface area (Å²) in [5.41, 5.74) is 2.92. The lowest BCUT2D eigenvalue weighted by Gasteiger charge is -2.34. The van der Waals surface area contributed by atoms with Gasteiger partial charge in [-0.05, 0) is 117 Å². The molecule has 4 aromatic carbocycles. The van der Waals surface area contributed by atoms with Crippen LogP contribution in [0.1, 0.15) is 36.8 Å². The third-order valence-corrected chi connectivity index (χ3v) is 11.4. The van der Waals surface area contributed by atoms with Crippen LogP contribution in [0.25, 0.3) is 21.5 Å². The van der Waals surface area contributed by atoms with Crippen molar-refractivity contribution in [3.8, 4) is 12.1 Å². The molecule has 2 aliphatic heterocycles. The fraction of sp³-hybridized carbons (Fsp3) is 0.238. The minimum atomic E-state index is 0.292. The molecule has 12 nitrogen and oxygen atoms in total. The molecule has 6 aromatic rings. The molecule has 8 rings (SSSR count). The van der Waals surface area contributed by atoms with Crippen LogP contribution in [0, 0.1) is 22.7 Å². The summed E-state index contributed by atoms with van der Waals surface area (Å²) < 4.78 is 2.07. The summed E-state index contributed by atoms with van der Waals surface area (Å²) in [7, 11) is 0. The molecule has 2 aliphatic rings. The number of aromatic nitrogens is 4. The zero-order valence-corrected chi connectivity index (χ0v) is 36.0. The van der Waals surface area contributed by atoms with Gasteiger partial charge >= 0.3 is 0 Å². The summed E-state index contributed by atoms with van der Waals surface area (Å²) in [5.74, 6) is 1.86. The number of hydrogen-bond acceptors (Lipinski definition) is 10. The van der Waals surface area contributed by atoms with Crippen LogP contribution in [-0.2, 0) is 0 Å². The van der Waals surface area contributed by atoms with Gasteiger partial charge in [0.05, 0.1) is 35.7 Å². The standard InChI is InChI=1S/2C21H19BrN6S/c22-16-4-3-15-13-24-27-20(19(15)11-16)28-9-7-18(8-10-28)26-21(29)25-17-5-1-14(12-23)2-6-17;22-16-5-4-15-13-24-27-20(19(15)11-16)28-8-6-17(7-9-28)25-21(29)26-18-3-1-2-14(10-18)12-23/h1-6,11,13,18H,7-10H2,(H2,25,26,29);1-5,10-11,13,17H,6-9H2,(H2,25,26,29). The van der Waals surface area contributed by atoms with Gasteiger partial charge in [-0.3, -0.25) is 0 Å². The predicted molar refractivity (Wildman–Crippen MR) is 246 cm³/mol. The average molecular weight is 935 g/mol. The third-order valence-electron chi connectivity index (χ3n) is 9.99. The van der Waals surface area contributed by atoms with Crippen LogP contribution in [0.2, 0.25) is 0 Å². The SMILES string of the molecule is N#Cc1ccc(NC(=S)NC2CCN(c3nncc4ccc(Br)cc34)CC2)cc1.N#Cc1cccc(NC(=S)NC2CCN(c3nncc4ccc(Br)cc34)CC2)c1. The molecule has 0 spiro atoms. The van der Waals surface area contributed by atoms with Crippen molar-refractivity contribution in [1.82, 2.24) is 31.0 Å². The van der Waals surface area contributed by atoms with Crippen molar-refractivity contribution in [1.29, 1.82) is 10.5 Å². The number of hydrogen-bond donors (Lipinski definition) is 4. The van der Waals surface area contributed by atoms with Crippen LogP contribution >= 0.6 is 56.3 Å². The Kier molecular flexibility index (Phi) is 13.5. The molecule has 0 radical (unpaired) electrons. The summed E-state index contributed by atoms with van der Waals surface area (Å²) in [6.45, 7) is 3.53. The van der Waals surface area contributed by atoms with E-state index in [1.54, 1.807) is 36.7 Å². The van der Waals surface area contributed by atoms with Gasteiger partial charge in [0.15, 0.2) is 21.9 Å². The Hall–Kier alpha value is -5.52. The second-order valence-electron chi connectivity index (χ2n) is 13.9. The minimum absolute atomic E-state index is 0.292. The van der Waals surface area contributed by atoms with Crippen LogP contribution in [0.4, 0.5) is 23.0 Å². The number of thiocarbonyl (C=S) groups is 2. The van der Waals surface area contributed by atoms with E-state index in [1.807, 2.05) is 36.4 Å². The molecule has 16 heteroatoms. The lowest BCUT2D eigenvalue weighted by Crippen LogP contribution is -2.46. The zero-order valence-electron chi connectivity index (χ0n) is 31.2. The molecule has 0 atom stereocenters. The van der Waals surface area contributed by atoms with Crippen molar-refractivity contribution in [3.63, 3.8) is 0 Å². The fourth-order valence-corrected chi connectivity index (χ4v) is 8.30. The van der Waals surface area contributed by atoms with Crippen molar-refractivity contribution in [2.24, 2.45) is 0 Å². The maximum absolute atomic E-state index is 9.01. The molecule has 2 aromatic heterocycles. The molecule has 0 aliphatic carbocycles. The monoisotopic (exact) mass is 932 g/mol. The third kappa shape index (κ3) is 10.5. The highest BCUT2D eigenvalue weighted by molar-refractivity contribution is 9.10. The van der Waals surface area contributed by atoms with Gasteiger partial charge in [-0.2, -0.15) is 20.7 Å². The van der Waals surface area contributed by atoms with Gasteiger partial charge < -0.3 is 31.1 Å². The van der Waals surface area contributed by atoms with Crippen molar-refractivity contribution < 1.29 is 0 Å². The number of piperidine rings is 2. The first-order chi connectivity index (χ1) is 28.2. The van der Waals surface area contributed by atoms with E-state index in [0.717, 1.165) is 105 Å². The van der Waals surface area contributed by atoms with E-state index in [2.05, 4.69) is 120 Å². The summed E-state index contributed by atoms with van der Waals surface area (Å²) in [6, 6.07) is 31.7. The highest BCUT2D eigenvalue weighted by Gasteiger charge is 2.24. The number of benzene rings is 4. The molecular formula is C42H38Br2N12S2. The molecule has 0 unspecified atom stereocenters. The van der Waals surface area contributed by atoms with E-state index in [9.17, 15) is 0 Å². The molecule has 4 N–H and O–H groups in total. The first kappa shape index (κ1) is 40.7. The summed E-state index contributed by atoms with van der Waals surface area (Å²) in [5, 5.41) is 53.7. The quantitative estimate of drug-likeness (QED) is 0.118. The van der Waals surface area contributed by atoms with Crippen LogP contribution < -0.4 is 31.1 Å². The molecule has 0 bridgehead atoms. The van der Waals surface area contributed by atoms with Crippen molar-refractivity contribution in [2.75, 3.05) is 46.6 Å². The average Bonchev–Trinajstić information content (AvgIpc) is 3.24. The van der Waals surface area contributed by atoms with Gasteiger partial charge in [-0.1, -0.05) is 50.1 Å².